The Morgan fingerprint density at radius 2 is 1.77 bits per heavy atom. The largest absolute Gasteiger partial charge is 0.465 e. The maximum absolute atomic E-state index is 12.8. The summed E-state index contributed by atoms with van der Waals surface area (Å²) < 4.78 is 11.1. The van der Waals surface area contributed by atoms with E-state index in [1.807, 2.05) is 24.3 Å². The third-order valence-electron chi connectivity index (χ3n) is 5.02. The molecule has 3 rings (SSSR count). The number of hydrogen-bond donors (Lipinski definition) is 0. The fourth-order valence-electron chi connectivity index (χ4n) is 3.16. The molecule has 0 aliphatic heterocycles. The van der Waals surface area contributed by atoms with Crippen LogP contribution in [-0.2, 0) is 27.8 Å². The Labute approximate surface area is 174 Å². The molecule has 0 fully saturated rings. The van der Waals surface area contributed by atoms with Crippen molar-refractivity contribution in [3.8, 4) is 11.5 Å². The fourth-order valence-corrected chi connectivity index (χ4v) is 3.16. The molecule has 0 radical (unpaired) electrons. The van der Waals surface area contributed by atoms with Gasteiger partial charge in [0, 0.05) is 24.1 Å². The number of esters is 1. The zero-order valence-corrected chi connectivity index (χ0v) is 17.1. The summed E-state index contributed by atoms with van der Waals surface area (Å²) in [5.41, 5.74) is 1.37. The van der Waals surface area contributed by atoms with Crippen molar-refractivity contribution in [2.24, 2.45) is 0 Å². The van der Waals surface area contributed by atoms with Crippen LogP contribution < -0.4 is 0 Å². The Balaban J connectivity index is 1.90. The lowest BCUT2D eigenvalue weighted by molar-refractivity contribution is -0.384. The first-order chi connectivity index (χ1) is 14.4. The Morgan fingerprint density at radius 1 is 1.10 bits per heavy atom. The number of carbonyl (C=O) groups excluding carboxylic acids is 1. The van der Waals surface area contributed by atoms with E-state index in [0.717, 1.165) is 12.0 Å². The van der Waals surface area contributed by atoms with E-state index in [0.29, 0.717) is 11.5 Å². The first kappa shape index (κ1) is 21.2. The van der Waals surface area contributed by atoms with Crippen LogP contribution in [0.25, 0.3) is 11.5 Å². The molecule has 1 aromatic heterocycles. The number of nitro groups is 1. The molecule has 0 N–H and O–H groups in total. The van der Waals surface area contributed by atoms with Gasteiger partial charge >= 0.3 is 5.97 Å². The summed E-state index contributed by atoms with van der Waals surface area (Å²) in [6.45, 7) is 5.71. The lowest BCUT2D eigenvalue weighted by Gasteiger charge is -2.26. The summed E-state index contributed by atoms with van der Waals surface area (Å²) in [5.74, 6) is 0.173. The Morgan fingerprint density at radius 3 is 2.33 bits per heavy atom. The maximum Gasteiger partial charge on any atom is 0.316 e. The molecule has 0 saturated heterocycles. The molecule has 1 unspecified atom stereocenters. The van der Waals surface area contributed by atoms with Crippen molar-refractivity contribution in [3.63, 3.8) is 0 Å². The van der Waals surface area contributed by atoms with Gasteiger partial charge in [-0.05, 0) is 43.5 Å². The first-order valence-electron chi connectivity index (χ1n) is 9.71. The number of rotatable bonds is 8. The van der Waals surface area contributed by atoms with E-state index in [-0.39, 0.29) is 24.6 Å². The first-order valence-corrected chi connectivity index (χ1v) is 9.71. The van der Waals surface area contributed by atoms with Crippen molar-refractivity contribution < 1.29 is 18.9 Å². The predicted molar refractivity (Wildman–Crippen MR) is 110 cm³/mol. The van der Waals surface area contributed by atoms with Crippen LogP contribution in [0.15, 0.2) is 52.9 Å². The highest BCUT2D eigenvalue weighted by atomic mass is 16.6. The monoisotopic (exact) mass is 409 g/mol. The van der Waals surface area contributed by atoms with E-state index in [2.05, 4.69) is 17.1 Å². The van der Waals surface area contributed by atoms with Gasteiger partial charge in [-0.2, -0.15) is 0 Å². The van der Waals surface area contributed by atoms with Gasteiger partial charge in [0.1, 0.15) is 0 Å². The average Bonchev–Trinajstić information content (AvgIpc) is 3.22. The summed E-state index contributed by atoms with van der Waals surface area (Å²) >= 11 is 0. The second-order valence-electron chi connectivity index (χ2n) is 7.08. The number of hydrogen-bond acceptors (Lipinski definition) is 7. The van der Waals surface area contributed by atoms with Gasteiger partial charge in [-0.25, -0.2) is 0 Å². The molecule has 30 heavy (non-hydrogen) atoms. The number of nitrogens with zero attached hydrogens (tertiary/aromatic N) is 3. The topological polar surface area (TPSA) is 108 Å². The molecular formula is C22H23N3O5. The highest BCUT2D eigenvalue weighted by molar-refractivity contribution is 5.83. The summed E-state index contributed by atoms with van der Waals surface area (Å²) in [4.78, 5) is 23.3. The molecule has 156 valence electrons. The minimum Gasteiger partial charge on any atom is -0.465 e. The number of benzene rings is 2. The van der Waals surface area contributed by atoms with Crippen molar-refractivity contribution in [3.05, 3.63) is 75.7 Å². The van der Waals surface area contributed by atoms with Crippen molar-refractivity contribution in [1.29, 1.82) is 0 Å². The maximum atomic E-state index is 12.8. The smallest absolute Gasteiger partial charge is 0.316 e. The summed E-state index contributed by atoms with van der Waals surface area (Å²) in [5, 5.41) is 19.2. The third kappa shape index (κ3) is 4.37. The van der Waals surface area contributed by atoms with E-state index in [1.54, 1.807) is 26.0 Å². The van der Waals surface area contributed by atoms with Gasteiger partial charge in [-0.3, -0.25) is 14.9 Å². The van der Waals surface area contributed by atoms with Gasteiger partial charge in [-0.15, -0.1) is 10.2 Å². The molecule has 0 amide bonds. The minimum absolute atomic E-state index is 0.0550. The fraction of sp³-hybridized carbons (Fsp3) is 0.318. The standard InChI is InChI=1S/C22H23N3O5/c1-4-15-6-8-16(9-7-15)20-24-23-19(30-20)14-22(3,21(26)29-5-2)17-10-12-18(13-11-17)25(27)28/h6-13H,4-5,14H2,1-3H3. The Hall–Kier alpha value is -3.55. The molecule has 0 aliphatic carbocycles. The second kappa shape index (κ2) is 8.86. The van der Waals surface area contributed by atoms with Gasteiger partial charge in [0.05, 0.1) is 16.9 Å². The predicted octanol–water partition coefficient (Wildman–Crippen LogP) is 4.27. The molecular weight excluding hydrogens is 386 g/mol. The number of aryl methyl sites for hydroxylation is 1. The molecule has 3 aromatic rings. The van der Waals surface area contributed by atoms with Gasteiger partial charge < -0.3 is 9.15 Å². The quantitative estimate of drug-likeness (QED) is 0.310. The van der Waals surface area contributed by atoms with Crippen molar-refractivity contribution >= 4 is 11.7 Å². The molecule has 0 saturated carbocycles. The second-order valence-corrected chi connectivity index (χ2v) is 7.08. The van der Waals surface area contributed by atoms with E-state index in [4.69, 9.17) is 9.15 Å². The van der Waals surface area contributed by atoms with Crippen LogP contribution >= 0.6 is 0 Å². The van der Waals surface area contributed by atoms with Crippen LogP contribution in [0.4, 0.5) is 5.69 Å². The van der Waals surface area contributed by atoms with Crippen molar-refractivity contribution in [2.45, 2.75) is 39.0 Å². The van der Waals surface area contributed by atoms with Gasteiger partial charge in [0.25, 0.3) is 5.69 Å². The van der Waals surface area contributed by atoms with Crippen LogP contribution in [0.5, 0.6) is 0 Å². The zero-order chi connectivity index (χ0) is 21.7. The lowest BCUT2D eigenvalue weighted by Crippen LogP contribution is -2.37. The molecule has 0 bridgehead atoms. The SMILES string of the molecule is CCOC(=O)C(C)(Cc1nnc(-c2ccc(CC)cc2)o1)c1ccc([N+](=O)[O-])cc1. The minimum atomic E-state index is -1.14. The molecule has 2 aromatic carbocycles. The molecule has 0 spiro atoms. The van der Waals surface area contributed by atoms with Crippen LogP contribution in [-0.4, -0.2) is 27.7 Å². The normalized spacial score (nSPS) is 12.9. The molecule has 8 heteroatoms. The van der Waals surface area contributed by atoms with Gasteiger partial charge in [0.2, 0.25) is 11.8 Å². The molecule has 1 heterocycles. The Kier molecular flexibility index (Phi) is 6.25. The van der Waals surface area contributed by atoms with Crippen LogP contribution in [0.1, 0.15) is 37.8 Å². The van der Waals surface area contributed by atoms with Gasteiger partial charge in [-0.1, -0.05) is 31.2 Å². The summed E-state index contributed by atoms with van der Waals surface area (Å²) in [6, 6.07) is 13.7. The van der Waals surface area contributed by atoms with Crippen LogP contribution in [0.3, 0.4) is 0 Å². The van der Waals surface area contributed by atoms with E-state index in [1.165, 1.54) is 17.7 Å². The zero-order valence-electron chi connectivity index (χ0n) is 17.1. The Bertz CT molecular complexity index is 1030. The van der Waals surface area contributed by atoms with Crippen molar-refractivity contribution in [1.82, 2.24) is 10.2 Å². The van der Waals surface area contributed by atoms with Gasteiger partial charge in [0.15, 0.2) is 0 Å². The van der Waals surface area contributed by atoms with E-state index >= 15 is 0 Å². The number of non-ortho nitro benzene ring substituents is 1. The number of ether oxygens (including phenoxy) is 1. The molecule has 8 nitrogen and oxygen atoms in total. The lowest BCUT2D eigenvalue weighted by atomic mass is 9.79. The van der Waals surface area contributed by atoms with Crippen molar-refractivity contribution in [2.75, 3.05) is 6.61 Å². The molecule has 1 atom stereocenters. The van der Waals surface area contributed by atoms with Crippen LogP contribution in [0.2, 0.25) is 0 Å². The van der Waals surface area contributed by atoms with E-state index < -0.39 is 16.3 Å². The van der Waals surface area contributed by atoms with Crippen LogP contribution in [0, 0.1) is 10.1 Å². The number of aromatic nitrogens is 2. The molecule has 0 aliphatic rings. The number of nitro benzene ring substituents is 1. The average molecular weight is 409 g/mol. The number of carbonyl (C=O) groups is 1. The van der Waals surface area contributed by atoms with E-state index in [9.17, 15) is 14.9 Å². The third-order valence-corrected chi connectivity index (χ3v) is 5.02. The summed E-state index contributed by atoms with van der Waals surface area (Å²) in [6.07, 6.45) is 1.03. The highest BCUT2D eigenvalue weighted by Gasteiger charge is 2.39. The highest BCUT2D eigenvalue weighted by Crippen LogP contribution is 2.32. The summed E-state index contributed by atoms with van der Waals surface area (Å²) in [7, 11) is 0.